The molecule has 0 radical (unpaired) electrons. The van der Waals surface area contributed by atoms with Gasteiger partial charge in [-0.1, -0.05) is 31.2 Å². The minimum absolute atomic E-state index is 0.103. The number of carbonyl (C=O) groups excluding carboxylic acids is 2. The van der Waals surface area contributed by atoms with E-state index in [-0.39, 0.29) is 11.8 Å². The van der Waals surface area contributed by atoms with Crippen LogP contribution in [0.2, 0.25) is 0 Å². The normalized spacial score (nSPS) is 15.5. The number of amides is 2. The van der Waals surface area contributed by atoms with E-state index in [0.717, 1.165) is 23.1 Å². The summed E-state index contributed by atoms with van der Waals surface area (Å²) in [7, 11) is 3.39. The first kappa shape index (κ1) is 15.0. The molecule has 1 aliphatic heterocycles. The van der Waals surface area contributed by atoms with Crippen molar-refractivity contribution in [1.82, 2.24) is 9.80 Å². The average molecular weight is 284 g/mol. The van der Waals surface area contributed by atoms with Crippen LogP contribution in [0.15, 0.2) is 36.5 Å². The summed E-state index contributed by atoms with van der Waals surface area (Å²) in [5.41, 5.74) is 3.72. The first-order valence-corrected chi connectivity index (χ1v) is 6.99. The van der Waals surface area contributed by atoms with Crippen LogP contribution in [0.5, 0.6) is 0 Å². The molecule has 0 N–H and O–H groups in total. The predicted molar refractivity (Wildman–Crippen MR) is 83.9 cm³/mol. The summed E-state index contributed by atoms with van der Waals surface area (Å²) in [6.45, 7) is 3.56. The Morgan fingerprint density at radius 2 is 1.81 bits per heavy atom. The van der Waals surface area contributed by atoms with Gasteiger partial charge in [0.25, 0.3) is 0 Å². The van der Waals surface area contributed by atoms with Crippen molar-refractivity contribution in [2.75, 3.05) is 14.1 Å². The Balaban J connectivity index is 2.63. The molecule has 21 heavy (non-hydrogen) atoms. The van der Waals surface area contributed by atoms with Gasteiger partial charge in [0.2, 0.25) is 11.8 Å². The largest absolute Gasteiger partial charge is 0.345 e. The molecule has 0 bridgehead atoms. The molecule has 0 spiro atoms. The second-order valence-corrected chi connectivity index (χ2v) is 5.20. The third-order valence-corrected chi connectivity index (χ3v) is 3.51. The van der Waals surface area contributed by atoms with E-state index in [1.165, 1.54) is 17.9 Å². The fourth-order valence-electron chi connectivity index (χ4n) is 2.35. The number of benzene rings is 1. The molecule has 110 valence electrons. The second kappa shape index (κ2) is 5.95. The molecule has 1 heterocycles. The van der Waals surface area contributed by atoms with Crippen LogP contribution in [0.3, 0.4) is 0 Å². The Morgan fingerprint density at radius 3 is 2.33 bits per heavy atom. The molecule has 4 nitrogen and oxygen atoms in total. The maximum Gasteiger partial charge on any atom is 0.248 e. The van der Waals surface area contributed by atoms with E-state index < -0.39 is 0 Å². The van der Waals surface area contributed by atoms with Crippen LogP contribution in [-0.2, 0) is 9.59 Å². The molecule has 0 aromatic heterocycles. The van der Waals surface area contributed by atoms with Gasteiger partial charge in [0, 0.05) is 38.9 Å². The number of hydrogen-bond acceptors (Lipinski definition) is 2. The molecule has 4 heteroatoms. The summed E-state index contributed by atoms with van der Waals surface area (Å²) in [5.74, 6) is -0.243. The van der Waals surface area contributed by atoms with Crippen molar-refractivity contribution in [2.24, 2.45) is 0 Å². The van der Waals surface area contributed by atoms with Gasteiger partial charge in [-0.15, -0.1) is 0 Å². The minimum Gasteiger partial charge on any atom is -0.345 e. The van der Waals surface area contributed by atoms with Crippen LogP contribution in [0.1, 0.15) is 31.4 Å². The summed E-state index contributed by atoms with van der Waals surface area (Å²) in [4.78, 5) is 27.0. The lowest BCUT2D eigenvalue weighted by atomic mass is 9.92. The number of hydrogen-bond donors (Lipinski definition) is 0. The van der Waals surface area contributed by atoms with Gasteiger partial charge in [-0.2, -0.15) is 0 Å². The van der Waals surface area contributed by atoms with Crippen LogP contribution >= 0.6 is 0 Å². The molecular formula is C17H20N2O2. The standard InChI is InChI=1S/C17H20N2O2/c1-5-13-11-19(12(2)20)16(10-17(21)18(3)4)15-9-7-6-8-14(13)15/h6-11H,5H2,1-4H3/b16-10+. The van der Waals surface area contributed by atoms with Gasteiger partial charge in [-0.3, -0.25) is 14.5 Å². The van der Waals surface area contributed by atoms with Crippen molar-refractivity contribution in [3.8, 4) is 0 Å². The maximum absolute atomic E-state index is 12.0. The second-order valence-electron chi connectivity index (χ2n) is 5.20. The highest BCUT2D eigenvalue weighted by atomic mass is 16.2. The lowest BCUT2D eigenvalue weighted by Gasteiger charge is -2.29. The first-order chi connectivity index (χ1) is 9.95. The lowest BCUT2D eigenvalue weighted by Crippen LogP contribution is -2.28. The Labute approximate surface area is 125 Å². The van der Waals surface area contributed by atoms with Gasteiger partial charge >= 0.3 is 0 Å². The summed E-state index contributed by atoms with van der Waals surface area (Å²) < 4.78 is 0. The number of rotatable bonds is 2. The minimum atomic E-state index is -0.139. The molecule has 0 saturated carbocycles. The molecule has 0 fully saturated rings. The third-order valence-electron chi connectivity index (χ3n) is 3.51. The first-order valence-electron chi connectivity index (χ1n) is 6.99. The van der Waals surface area contributed by atoms with E-state index in [1.807, 2.05) is 30.5 Å². The molecule has 2 rings (SSSR count). The molecule has 2 amide bonds. The van der Waals surface area contributed by atoms with E-state index in [9.17, 15) is 9.59 Å². The molecular weight excluding hydrogens is 264 g/mol. The molecule has 1 aromatic rings. The van der Waals surface area contributed by atoms with Gasteiger partial charge in [-0.25, -0.2) is 0 Å². The molecule has 0 unspecified atom stereocenters. The summed E-state index contributed by atoms with van der Waals surface area (Å²) >= 11 is 0. The van der Waals surface area contributed by atoms with Gasteiger partial charge < -0.3 is 4.90 Å². The third kappa shape index (κ3) is 2.89. The van der Waals surface area contributed by atoms with Crippen molar-refractivity contribution in [2.45, 2.75) is 20.3 Å². The van der Waals surface area contributed by atoms with Crippen molar-refractivity contribution in [3.63, 3.8) is 0 Å². The summed E-state index contributed by atoms with van der Waals surface area (Å²) in [6.07, 6.45) is 4.18. The van der Waals surface area contributed by atoms with Crippen molar-refractivity contribution >= 4 is 23.1 Å². The van der Waals surface area contributed by atoms with Gasteiger partial charge in [0.1, 0.15) is 0 Å². The number of likely N-dealkylation sites (N-methyl/N-ethyl adjacent to an activating group) is 1. The molecule has 0 saturated heterocycles. The van der Waals surface area contributed by atoms with Crippen LogP contribution in [0.4, 0.5) is 0 Å². The number of fused-ring (bicyclic) bond motifs is 1. The lowest BCUT2D eigenvalue weighted by molar-refractivity contribution is -0.123. The maximum atomic E-state index is 12.0. The number of nitrogens with zero attached hydrogens (tertiary/aromatic N) is 2. The SMILES string of the molecule is CCC1=CN(C(C)=O)/C(=C/C(=O)N(C)C)c2ccccc21. The molecule has 1 aliphatic rings. The quantitative estimate of drug-likeness (QED) is 0.783. The fraction of sp³-hybridized carbons (Fsp3) is 0.294. The van der Waals surface area contributed by atoms with Gasteiger partial charge in [-0.05, 0) is 17.6 Å². The van der Waals surface area contributed by atoms with Crippen molar-refractivity contribution < 1.29 is 9.59 Å². The van der Waals surface area contributed by atoms with E-state index >= 15 is 0 Å². The van der Waals surface area contributed by atoms with Crippen molar-refractivity contribution in [1.29, 1.82) is 0 Å². The fourth-order valence-corrected chi connectivity index (χ4v) is 2.35. The van der Waals surface area contributed by atoms with E-state index in [4.69, 9.17) is 0 Å². The Kier molecular flexibility index (Phi) is 4.26. The Hall–Kier alpha value is -2.36. The van der Waals surface area contributed by atoms with Crippen LogP contribution in [0, 0.1) is 0 Å². The average Bonchev–Trinajstić information content (AvgIpc) is 2.46. The molecule has 1 aromatic carbocycles. The Bertz CT molecular complexity index is 642. The smallest absolute Gasteiger partial charge is 0.248 e. The highest BCUT2D eigenvalue weighted by Gasteiger charge is 2.24. The highest BCUT2D eigenvalue weighted by molar-refractivity contribution is 6.01. The van der Waals surface area contributed by atoms with Crippen LogP contribution in [0.25, 0.3) is 11.3 Å². The van der Waals surface area contributed by atoms with Crippen molar-refractivity contribution in [3.05, 3.63) is 47.7 Å². The number of carbonyl (C=O) groups is 2. The zero-order valence-corrected chi connectivity index (χ0v) is 12.9. The van der Waals surface area contributed by atoms with Crippen LogP contribution in [-0.4, -0.2) is 35.7 Å². The van der Waals surface area contributed by atoms with Crippen LogP contribution < -0.4 is 0 Å². The number of allylic oxidation sites excluding steroid dienone is 1. The van der Waals surface area contributed by atoms with E-state index in [0.29, 0.717) is 5.70 Å². The summed E-state index contributed by atoms with van der Waals surface area (Å²) in [6, 6.07) is 7.86. The topological polar surface area (TPSA) is 40.6 Å². The monoisotopic (exact) mass is 284 g/mol. The van der Waals surface area contributed by atoms with Gasteiger partial charge in [0.05, 0.1) is 5.70 Å². The zero-order valence-electron chi connectivity index (χ0n) is 12.9. The molecule has 0 atom stereocenters. The highest BCUT2D eigenvalue weighted by Crippen LogP contribution is 2.35. The van der Waals surface area contributed by atoms with E-state index in [2.05, 4.69) is 6.92 Å². The Morgan fingerprint density at radius 1 is 1.19 bits per heavy atom. The summed E-state index contributed by atoms with van der Waals surface area (Å²) in [5, 5.41) is 0. The van der Waals surface area contributed by atoms with E-state index in [1.54, 1.807) is 19.0 Å². The predicted octanol–water partition coefficient (Wildman–Crippen LogP) is 2.73. The molecule has 0 aliphatic carbocycles. The zero-order chi connectivity index (χ0) is 15.6. The van der Waals surface area contributed by atoms with Gasteiger partial charge in [0.15, 0.2) is 0 Å².